The number of carbonyl (C=O) groups is 2. The molecule has 22 heavy (non-hydrogen) atoms. The maximum Gasteiger partial charge on any atom is 0.411 e. The van der Waals surface area contributed by atoms with Crippen molar-refractivity contribution in [1.82, 2.24) is 14.8 Å². The minimum absolute atomic E-state index is 0. The van der Waals surface area contributed by atoms with Crippen molar-refractivity contribution in [2.75, 3.05) is 20.1 Å². The number of nitrogens with zero attached hydrogens (tertiary/aromatic N) is 3. The van der Waals surface area contributed by atoms with Crippen LogP contribution in [0.2, 0.25) is 0 Å². The molecule has 1 aromatic rings. The van der Waals surface area contributed by atoms with E-state index in [1.165, 1.54) is 4.90 Å². The third-order valence-corrected chi connectivity index (χ3v) is 3.93. The Morgan fingerprint density at radius 2 is 1.86 bits per heavy atom. The SMILES string of the molecule is C.CN1C(=O)O[C@@H](c2ccncc2)[C@@H]1C(=O)N1CCCC1.Cl. The Bertz CT molecular complexity index is 520. The van der Waals surface area contributed by atoms with Gasteiger partial charge < -0.3 is 9.64 Å². The lowest BCUT2D eigenvalue weighted by Crippen LogP contribution is -2.46. The average Bonchev–Trinajstić information content (AvgIpc) is 3.09. The van der Waals surface area contributed by atoms with Gasteiger partial charge in [0.05, 0.1) is 0 Å². The van der Waals surface area contributed by atoms with E-state index < -0.39 is 18.2 Å². The first-order chi connectivity index (χ1) is 9.68. The fourth-order valence-electron chi connectivity index (χ4n) is 2.80. The third-order valence-electron chi connectivity index (χ3n) is 3.93. The number of ether oxygens (including phenoxy) is 1. The van der Waals surface area contributed by atoms with E-state index in [0.717, 1.165) is 31.5 Å². The molecular weight excluding hydrogens is 306 g/mol. The van der Waals surface area contributed by atoms with Crippen LogP contribution in [-0.2, 0) is 9.53 Å². The van der Waals surface area contributed by atoms with Crippen molar-refractivity contribution in [1.29, 1.82) is 0 Å². The van der Waals surface area contributed by atoms with Crippen LogP contribution in [0.5, 0.6) is 0 Å². The molecule has 122 valence electrons. The van der Waals surface area contributed by atoms with Crippen LogP contribution in [0.15, 0.2) is 24.5 Å². The Kier molecular flexibility index (Phi) is 6.17. The van der Waals surface area contributed by atoms with Gasteiger partial charge in [-0.05, 0) is 30.5 Å². The van der Waals surface area contributed by atoms with E-state index in [-0.39, 0.29) is 25.7 Å². The zero-order chi connectivity index (χ0) is 14.1. The Morgan fingerprint density at radius 1 is 1.27 bits per heavy atom. The maximum absolute atomic E-state index is 12.6. The summed E-state index contributed by atoms with van der Waals surface area (Å²) in [6.45, 7) is 1.53. The lowest BCUT2D eigenvalue weighted by atomic mass is 10.0. The Morgan fingerprint density at radius 3 is 2.45 bits per heavy atom. The number of halogens is 1. The molecule has 3 heterocycles. The van der Waals surface area contributed by atoms with E-state index in [2.05, 4.69) is 4.98 Å². The number of pyridine rings is 1. The molecule has 2 fully saturated rings. The molecule has 2 atom stereocenters. The van der Waals surface area contributed by atoms with Gasteiger partial charge in [0.2, 0.25) is 5.91 Å². The number of likely N-dealkylation sites (tertiary alicyclic amines) is 1. The molecule has 3 rings (SSSR count). The van der Waals surface area contributed by atoms with Gasteiger partial charge in [-0.25, -0.2) is 4.79 Å². The molecular formula is C15H22ClN3O3. The fraction of sp³-hybridized carbons (Fsp3) is 0.533. The molecule has 0 aliphatic carbocycles. The highest BCUT2D eigenvalue weighted by atomic mass is 35.5. The van der Waals surface area contributed by atoms with Gasteiger partial charge in [0.15, 0.2) is 12.1 Å². The van der Waals surface area contributed by atoms with Gasteiger partial charge >= 0.3 is 6.09 Å². The highest BCUT2D eigenvalue weighted by molar-refractivity contribution is 5.89. The molecule has 2 aliphatic rings. The van der Waals surface area contributed by atoms with Crippen LogP contribution in [0.25, 0.3) is 0 Å². The van der Waals surface area contributed by atoms with Gasteiger partial charge in [-0.2, -0.15) is 0 Å². The van der Waals surface area contributed by atoms with E-state index in [9.17, 15) is 9.59 Å². The van der Waals surface area contributed by atoms with Crippen molar-refractivity contribution in [2.45, 2.75) is 32.4 Å². The number of hydrogen-bond donors (Lipinski definition) is 0. The molecule has 2 saturated heterocycles. The zero-order valence-corrected chi connectivity index (χ0v) is 12.6. The van der Waals surface area contributed by atoms with Crippen LogP contribution in [0.3, 0.4) is 0 Å². The van der Waals surface area contributed by atoms with Gasteiger partial charge in [-0.15, -0.1) is 12.4 Å². The van der Waals surface area contributed by atoms with Gasteiger partial charge in [-0.1, -0.05) is 7.43 Å². The number of hydrogen-bond acceptors (Lipinski definition) is 4. The normalized spacial score (nSPS) is 23.6. The molecule has 6 nitrogen and oxygen atoms in total. The number of carbonyl (C=O) groups excluding carboxylic acids is 2. The summed E-state index contributed by atoms with van der Waals surface area (Å²) in [6, 6.07) is 2.98. The van der Waals surface area contributed by atoms with E-state index >= 15 is 0 Å². The smallest absolute Gasteiger partial charge is 0.411 e. The van der Waals surface area contributed by atoms with Crippen molar-refractivity contribution in [3.63, 3.8) is 0 Å². The molecule has 0 N–H and O–H groups in total. The molecule has 0 aromatic carbocycles. The summed E-state index contributed by atoms with van der Waals surface area (Å²) < 4.78 is 5.36. The van der Waals surface area contributed by atoms with E-state index in [1.54, 1.807) is 31.6 Å². The second-order valence-corrected chi connectivity index (χ2v) is 5.17. The van der Waals surface area contributed by atoms with Crippen LogP contribution >= 0.6 is 12.4 Å². The van der Waals surface area contributed by atoms with Crippen LogP contribution in [-0.4, -0.2) is 53.0 Å². The molecule has 0 saturated carbocycles. The Labute approximate surface area is 136 Å². The topological polar surface area (TPSA) is 62.7 Å². The number of aromatic nitrogens is 1. The standard InChI is InChI=1S/C14H17N3O3.CH4.ClH/c1-16-11(13(18)17-8-2-3-9-17)12(20-14(16)19)10-4-6-15-7-5-10;;/h4-7,11-12H,2-3,8-9H2,1H3;1H4;1H/t11-,12+;;/m1../s1. The molecule has 2 amide bonds. The number of amides is 2. The molecule has 0 bridgehead atoms. The summed E-state index contributed by atoms with van der Waals surface area (Å²) in [5, 5.41) is 0. The van der Waals surface area contributed by atoms with Crippen molar-refractivity contribution >= 4 is 24.4 Å². The van der Waals surface area contributed by atoms with Crippen molar-refractivity contribution in [3.05, 3.63) is 30.1 Å². The second-order valence-electron chi connectivity index (χ2n) is 5.17. The Balaban J connectivity index is 0.00000121. The number of cyclic esters (lactones) is 1. The van der Waals surface area contributed by atoms with Crippen LogP contribution in [0.1, 0.15) is 31.9 Å². The average molecular weight is 328 g/mol. The molecule has 0 radical (unpaired) electrons. The molecule has 2 aliphatic heterocycles. The largest absolute Gasteiger partial charge is 0.438 e. The number of rotatable bonds is 2. The molecule has 7 heteroatoms. The minimum Gasteiger partial charge on any atom is -0.438 e. The predicted molar refractivity (Wildman–Crippen MR) is 84.8 cm³/mol. The lowest BCUT2D eigenvalue weighted by Gasteiger charge is -2.25. The first-order valence-electron chi connectivity index (χ1n) is 6.80. The summed E-state index contributed by atoms with van der Waals surface area (Å²) in [6.07, 6.45) is 4.32. The molecule has 1 aromatic heterocycles. The monoisotopic (exact) mass is 327 g/mol. The Hall–Kier alpha value is -1.82. The highest BCUT2D eigenvalue weighted by Crippen LogP contribution is 2.33. The minimum atomic E-state index is -0.581. The first kappa shape index (κ1) is 18.2. The number of likely N-dealkylation sites (N-methyl/N-ethyl adjacent to an activating group) is 1. The van der Waals surface area contributed by atoms with Gasteiger partial charge in [0, 0.05) is 32.5 Å². The highest BCUT2D eigenvalue weighted by Gasteiger charge is 2.46. The second kappa shape index (κ2) is 7.45. The van der Waals surface area contributed by atoms with E-state index in [1.807, 2.05) is 4.90 Å². The summed E-state index contributed by atoms with van der Waals surface area (Å²) in [4.78, 5) is 31.6. The van der Waals surface area contributed by atoms with Gasteiger partial charge in [0.1, 0.15) is 0 Å². The lowest BCUT2D eigenvalue weighted by molar-refractivity contribution is -0.135. The van der Waals surface area contributed by atoms with Crippen LogP contribution in [0.4, 0.5) is 4.79 Å². The maximum atomic E-state index is 12.6. The first-order valence-corrected chi connectivity index (χ1v) is 6.80. The van der Waals surface area contributed by atoms with Crippen LogP contribution in [0, 0.1) is 0 Å². The van der Waals surface area contributed by atoms with Crippen molar-refractivity contribution in [3.8, 4) is 0 Å². The van der Waals surface area contributed by atoms with Gasteiger partial charge in [-0.3, -0.25) is 14.7 Å². The third kappa shape index (κ3) is 3.16. The zero-order valence-electron chi connectivity index (χ0n) is 11.8. The molecule has 0 spiro atoms. The fourth-order valence-corrected chi connectivity index (χ4v) is 2.80. The summed E-state index contributed by atoms with van der Waals surface area (Å²) >= 11 is 0. The quantitative estimate of drug-likeness (QED) is 0.836. The predicted octanol–water partition coefficient (Wildman–Crippen LogP) is 2.25. The van der Waals surface area contributed by atoms with Crippen molar-refractivity contribution < 1.29 is 14.3 Å². The van der Waals surface area contributed by atoms with E-state index in [0.29, 0.717) is 0 Å². The summed E-state index contributed by atoms with van der Waals surface area (Å²) in [5.41, 5.74) is 0.801. The summed E-state index contributed by atoms with van der Waals surface area (Å²) in [5.74, 6) is -0.0299. The van der Waals surface area contributed by atoms with Crippen molar-refractivity contribution in [2.24, 2.45) is 0 Å². The van der Waals surface area contributed by atoms with Gasteiger partial charge in [0.25, 0.3) is 0 Å². The van der Waals surface area contributed by atoms with Crippen LogP contribution < -0.4 is 0 Å². The van der Waals surface area contributed by atoms with E-state index in [4.69, 9.17) is 4.74 Å². The summed E-state index contributed by atoms with van der Waals surface area (Å²) in [7, 11) is 1.61. The molecule has 0 unspecified atom stereocenters.